The quantitative estimate of drug-likeness (QED) is 0.356. The number of hydrogen-bond donors (Lipinski definition) is 3. The van der Waals surface area contributed by atoms with Crippen LogP contribution in [0, 0.1) is 0 Å². The fourth-order valence-corrected chi connectivity index (χ4v) is 2.03. The molecule has 0 bridgehead atoms. The predicted octanol–water partition coefficient (Wildman–Crippen LogP) is 0.801. The van der Waals surface area contributed by atoms with Gasteiger partial charge in [-0.1, -0.05) is 23.0 Å². The van der Waals surface area contributed by atoms with Gasteiger partial charge in [-0.25, -0.2) is 9.78 Å². The number of aromatic amines is 1. The smallest absolute Gasteiger partial charge is 0.335 e. The molecular formula is C17H16N2O6. The number of phenols is 1. The maximum absolute atomic E-state index is 10.7. The van der Waals surface area contributed by atoms with E-state index in [9.17, 15) is 9.90 Å². The lowest BCUT2D eigenvalue weighted by Gasteiger charge is -2.08. The highest BCUT2D eigenvalue weighted by Crippen LogP contribution is 2.19. The molecule has 0 amide bonds. The van der Waals surface area contributed by atoms with E-state index in [2.05, 4.69) is 10.1 Å². The number of nitrogens with one attached hydrogen (secondary N) is 1. The van der Waals surface area contributed by atoms with E-state index in [0.29, 0.717) is 0 Å². The summed E-state index contributed by atoms with van der Waals surface area (Å²) in [5, 5.41) is 40.3. The number of carboxylic acids is 1. The molecular weight excluding hydrogens is 328 g/mol. The van der Waals surface area contributed by atoms with Crippen molar-refractivity contribution in [3.8, 4) is 11.5 Å². The molecule has 0 saturated carbocycles. The Labute approximate surface area is 142 Å². The van der Waals surface area contributed by atoms with Gasteiger partial charge < -0.3 is 26.0 Å². The second-order valence-electron chi connectivity index (χ2n) is 4.71. The number of aromatic hydroxyl groups is 1. The number of fused-ring (bicyclic) bond motifs is 1. The molecule has 0 saturated heterocycles. The third-order valence-corrected chi connectivity index (χ3v) is 3.13. The van der Waals surface area contributed by atoms with Gasteiger partial charge in [0.15, 0.2) is 6.20 Å². The van der Waals surface area contributed by atoms with Gasteiger partial charge in [0.1, 0.15) is 5.75 Å². The number of carboxylic acid groups (broad SMARTS) is 1. The van der Waals surface area contributed by atoms with E-state index in [4.69, 9.17) is 15.4 Å². The molecule has 0 atom stereocenters. The van der Waals surface area contributed by atoms with Gasteiger partial charge in [-0.05, 0) is 24.3 Å². The molecule has 0 aliphatic heterocycles. The second kappa shape index (κ2) is 8.85. The van der Waals surface area contributed by atoms with Gasteiger partial charge in [0.25, 0.3) is 0 Å². The number of nitrogens with zero attached hydrogens (tertiary/aromatic N) is 1. The zero-order chi connectivity index (χ0) is 17.5. The van der Waals surface area contributed by atoms with Crippen LogP contribution in [0.3, 0.4) is 0 Å². The Hall–Kier alpha value is -3.65. The van der Waals surface area contributed by atoms with Crippen LogP contribution in [0.4, 0.5) is 0 Å². The highest BCUT2D eigenvalue weighted by molar-refractivity contribution is 5.96. The number of benzene rings is 2. The minimum atomic E-state index is -1.28. The van der Waals surface area contributed by atoms with E-state index in [1.54, 1.807) is 0 Å². The molecule has 0 spiro atoms. The molecule has 3 rings (SSSR count). The summed E-state index contributed by atoms with van der Waals surface area (Å²) in [5.74, 6) is -2.19. The van der Waals surface area contributed by atoms with Gasteiger partial charge in [0.05, 0.1) is 17.2 Å². The van der Waals surface area contributed by atoms with Crippen molar-refractivity contribution in [2.24, 2.45) is 5.16 Å². The largest absolute Gasteiger partial charge is 0.872 e. The first-order chi connectivity index (χ1) is 11.5. The molecule has 6 N–H and O–H groups in total. The van der Waals surface area contributed by atoms with Crippen LogP contribution in [0.15, 0.2) is 59.9 Å². The van der Waals surface area contributed by atoms with Crippen molar-refractivity contribution in [1.29, 1.82) is 0 Å². The van der Waals surface area contributed by atoms with Gasteiger partial charge in [0, 0.05) is 17.7 Å². The van der Waals surface area contributed by atoms with Crippen LogP contribution >= 0.6 is 0 Å². The number of oxime groups is 1. The van der Waals surface area contributed by atoms with E-state index in [1.165, 1.54) is 6.21 Å². The number of aromatic carboxylic acids is 1. The number of para-hydroxylation sites is 1. The highest BCUT2D eigenvalue weighted by Gasteiger charge is 2.03. The van der Waals surface area contributed by atoms with Crippen molar-refractivity contribution in [2.45, 2.75) is 0 Å². The first kappa shape index (κ1) is 19.4. The van der Waals surface area contributed by atoms with Crippen molar-refractivity contribution in [1.82, 2.24) is 0 Å². The van der Waals surface area contributed by atoms with Crippen LogP contribution in [0.1, 0.15) is 15.9 Å². The Bertz CT molecular complexity index is 890. The fourth-order valence-electron chi connectivity index (χ4n) is 2.03. The van der Waals surface area contributed by atoms with E-state index in [-0.39, 0.29) is 16.8 Å². The summed E-state index contributed by atoms with van der Waals surface area (Å²) in [6.07, 6.45) is 3.25. The molecule has 130 valence electrons. The third-order valence-electron chi connectivity index (χ3n) is 3.13. The number of aromatic nitrogens is 1. The van der Waals surface area contributed by atoms with Gasteiger partial charge in [-0.15, -0.1) is 0 Å². The fraction of sp³-hybridized carbons (Fsp3) is 0. The number of hydrogen-bond acceptors (Lipinski definition) is 5. The summed E-state index contributed by atoms with van der Waals surface area (Å²) in [4.78, 5) is 13.4. The van der Waals surface area contributed by atoms with Gasteiger partial charge in [-0.2, -0.15) is 0 Å². The van der Waals surface area contributed by atoms with E-state index >= 15 is 0 Å². The third kappa shape index (κ3) is 4.91. The molecule has 8 heteroatoms. The first-order valence-electron chi connectivity index (χ1n) is 6.83. The Morgan fingerprint density at radius 2 is 1.88 bits per heavy atom. The van der Waals surface area contributed by atoms with Gasteiger partial charge in [-0.3, -0.25) is 0 Å². The van der Waals surface area contributed by atoms with Crippen LogP contribution in [-0.2, 0) is 0 Å². The van der Waals surface area contributed by atoms with E-state index in [0.717, 1.165) is 34.7 Å². The maximum atomic E-state index is 10.7. The normalized spacial score (nSPS) is 9.92. The molecule has 8 nitrogen and oxygen atoms in total. The Kier molecular flexibility index (Phi) is 6.86. The van der Waals surface area contributed by atoms with Crippen molar-refractivity contribution in [3.63, 3.8) is 0 Å². The summed E-state index contributed by atoms with van der Waals surface area (Å²) in [6.45, 7) is 0. The minimum absolute atomic E-state index is 0. The molecule has 2 aromatic carbocycles. The van der Waals surface area contributed by atoms with Gasteiger partial charge >= 0.3 is 5.97 Å². The number of carbonyl (C=O) groups is 1. The average molecular weight is 344 g/mol. The Morgan fingerprint density at radius 1 is 1.16 bits per heavy atom. The van der Waals surface area contributed by atoms with Crippen molar-refractivity contribution < 1.29 is 35.8 Å². The maximum Gasteiger partial charge on any atom is 0.335 e. The lowest BCUT2D eigenvalue weighted by Crippen LogP contribution is -2.03. The van der Waals surface area contributed by atoms with E-state index in [1.807, 2.05) is 36.5 Å². The summed E-state index contributed by atoms with van der Waals surface area (Å²) >= 11 is 0. The zero-order valence-corrected chi connectivity index (χ0v) is 12.9. The summed E-state index contributed by atoms with van der Waals surface area (Å²) < 4.78 is 0. The monoisotopic (exact) mass is 344 g/mol. The molecule has 0 aliphatic carbocycles. The molecule has 3 aromatic rings. The molecule has 1 heterocycles. The van der Waals surface area contributed by atoms with E-state index < -0.39 is 11.7 Å². The molecule has 1 aromatic heterocycles. The van der Waals surface area contributed by atoms with Crippen molar-refractivity contribution >= 4 is 23.1 Å². The first-order valence-corrected chi connectivity index (χ1v) is 6.83. The lowest BCUT2D eigenvalue weighted by atomic mass is 10.1. The molecule has 0 unspecified atom stereocenters. The summed E-state index contributed by atoms with van der Waals surface area (Å²) in [6, 6.07) is 12.8. The number of H-pyrrole nitrogens is 1. The van der Waals surface area contributed by atoms with Crippen LogP contribution in [0.5, 0.6) is 11.5 Å². The molecule has 0 radical (unpaired) electrons. The number of rotatable bonds is 2. The second-order valence-corrected chi connectivity index (χ2v) is 4.71. The Morgan fingerprint density at radius 3 is 2.52 bits per heavy atom. The average Bonchev–Trinajstić information content (AvgIpc) is 2.56. The van der Waals surface area contributed by atoms with Gasteiger partial charge in [0.2, 0.25) is 5.52 Å². The highest BCUT2D eigenvalue weighted by atomic mass is 16.4. The minimum Gasteiger partial charge on any atom is -0.872 e. The number of pyridine rings is 1. The van der Waals surface area contributed by atoms with Crippen molar-refractivity contribution in [2.75, 3.05) is 0 Å². The molecule has 0 aliphatic rings. The van der Waals surface area contributed by atoms with Crippen molar-refractivity contribution in [3.05, 3.63) is 65.9 Å². The Balaban J connectivity index is 0.000000244. The SMILES string of the molecule is O.O/N=C/c1cc[nH+]c2ccccc12.O=C(O)c1ccc(O)cc1[O-]. The molecule has 0 fully saturated rings. The molecule has 25 heavy (non-hydrogen) atoms. The van der Waals surface area contributed by atoms with Crippen LogP contribution < -0.4 is 10.1 Å². The summed E-state index contributed by atoms with van der Waals surface area (Å²) in [5.41, 5.74) is 1.60. The topological polar surface area (TPSA) is 159 Å². The number of phenolic OH excluding ortho intramolecular Hbond substituents is 1. The standard InChI is InChI=1S/C10H8N2O.C7H6O4.H2O/c13-12-7-8-5-6-11-10-4-2-1-3-9(8)10;8-4-1-2-5(7(10)11)6(9)3-4;/h1-7,13H;1-3,8-9H,(H,10,11);1H2/b12-7+;;. The predicted molar refractivity (Wildman–Crippen MR) is 88.0 cm³/mol. The summed E-state index contributed by atoms with van der Waals surface area (Å²) in [7, 11) is 0. The lowest BCUT2D eigenvalue weighted by molar-refractivity contribution is -0.344. The zero-order valence-electron chi connectivity index (χ0n) is 12.9. The van der Waals surface area contributed by atoms with Crippen LogP contribution in [0.25, 0.3) is 10.9 Å². The van der Waals surface area contributed by atoms with Crippen LogP contribution in [0.2, 0.25) is 0 Å². The van der Waals surface area contributed by atoms with Crippen LogP contribution in [-0.4, -0.2) is 33.1 Å².